The third-order valence-corrected chi connectivity index (χ3v) is 6.59. The van der Waals surface area contributed by atoms with Gasteiger partial charge >= 0.3 is 24.1 Å². The van der Waals surface area contributed by atoms with Gasteiger partial charge in [0.1, 0.15) is 36.2 Å². The van der Waals surface area contributed by atoms with E-state index in [1.165, 1.54) is 12.1 Å². The van der Waals surface area contributed by atoms with Gasteiger partial charge < -0.3 is 29.2 Å². The van der Waals surface area contributed by atoms with Crippen LogP contribution < -0.4 is 0 Å². The van der Waals surface area contributed by atoms with Crippen molar-refractivity contribution in [2.24, 2.45) is 0 Å². The number of benzene rings is 3. The van der Waals surface area contributed by atoms with E-state index in [9.17, 15) is 29.4 Å². The minimum atomic E-state index is -2.58. The Bertz CT molecular complexity index is 1480. The minimum Gasteiger partial charge on any atom is -0.508 e. The van der Waals surface area contributed by atoms with Crippen LogP contribution in [0.5, 0.6) is 5.75 Å². The number of phenols is 1. The monoisotopic (exact) mass is 649 g/mol. The predicted octanol–water partition coefficient (Wildman–Crippen LogP) is 6.08. The van der Waals surface area contributed by atoms with Crippen LogP contribution in [-0.2, 0) is 48.2 Å². The smallest absolute Gasteiger partial charge is 0.420 e. The van der Waals surface area contributed by atoms with Crippen LogP contribution in [0, 0.1) is 0 Å². The first-order valence-corrected chi connectivity index (χ1v) is 15.1. The van der Waals surface area contributed by atoms with Crippen molar-refractivity contribution in [2.45, 2.75) is 90.4 Å². The number of imide groups is 1. The summed E-state index contributed by atoms with van der Waals surface area (Å²) in [6.07, 6.45) is -3.97. The fourth-order valence-electron chi connectivity index (χ4n) is 4.44. The second-order valence-corrected chi connectivity index (χ2v) is 13.0. The molecule has 2 N–H and O–H groups in total. The summed E-state index contributed by atoms with van der Waals surface area (Å²) in [7, 11) is 0. The van der Waals surface area contributed by atoms with Gasteiger partial charge in [-0.2, -0.15) is 4.90 Å². The number of ether oxygens (including phenoxy) is 4. The summed E-state index contributed by atoms with van der Waals surface area (Å²) in [6, 6.07) is 21.4. The number of hydrogen-bond acceptors (Lipinski definition) is 10. The van der Waals surface area contributed by atoms with Crippen molar-refractivity contribution in [3.05, 3.63) is 102 Å². The zero-order chi connectivity index (χ0) is 34.8. The summed E-state index contributed by atoms with van der Waals surface area (Å²) in [5.74, 6) is -2.53. The Morgan fingerprint density at radius 3 is 1.60 bits per heavy atom. The molecule has 0 saturated heterocycles. The number of nitrogens with zero attached hydrogens (tertiary/aromatic N) is 1. The highest BCUT2D eigenvalue weighted by molar-refractivity contribution is 5.95. The van der Waals surface area contributed by atoms with Gasteiger partial charge in [-0.25, -0.2) is 19.2 Å². The molecule has 3 rings (SSSR count). The molecule has 0 radical (unpaired) electrons. The third kappa shape index (κ3) is 11.4. The molecule has 0 heterocycles. The summed E-state index contributed by atoms with van der Waals surface area (Å²) < 4.78 is 22.0. The van der Waals surface area contributed by atoms with Gasteiger partial charge in [0.2, 0.25) is 0 Å². The average Bonchev–Trinajstić information content (AvgIpc) is 2.98. The molecule has 0 aliphatic carbocycles. The Morgan fingerprint density at radius 1 is 0.681 bits per heavy atom. The highest BCUT2D eigenvalue weighted by Crippen LogP contribution is 2.30. The second-order valence-electron chi connectivity index (χ2n) is 13.0. The van der Waals surface area contributed by atoms with Crippen molar-refractivity contribution >= 4 is 24.1 Å². The van der Waals surface area contributed by atoms with E-state index in [0.29, 0.717) is 16.0 Å². The van der Waals surface area contributed by atoms with Crippen LogP contribution in [0.15, 0.2) is 84.9 Å². The normalized spacial score (nSPS) is 13.4. The first kappa shape index (κ1) is 36.6. The zero-order valence-electron chi connectivity index (χ0n) is 27.6. The van der Waals surface area contributed by atoms with Crippen LogP contribution in [0.4, 0.5) is 9.59 Å². The SMILES string of the molecule is CC(C)(C)OC(=O)N(C(=O)OC(C)(C)C)[C@@H](C[C@@](O)(Cc1ccccc1O)C(=O)OCc1ccccc1)C(=O)OCc1ccccc1. The van der Waals surface area contributed by atoms with E-state index in [1.54, 1.807) is 114 Å². The molecule has 0 saturated carbocycles. The maximum absolute atomic E-state index is 13.9. The van der Waals surface area contributed by atoms with Crippen molar-refractivity contribution in [1.82, 2.24) is 4.90 Å². The zero-order valence-corrected chi connectivity index (χ0v) is 27.6. The topological polar surface area (TPSA) is 149 Å². The number of hydrogen-bond donors (Lipinski definition) is 2. The lowest BCUT2D eigenvalue weighted by Gasteiger charge is -2.35. The standard InChI is InChI=1S/C36H43NO10/c1-34(2,3)46-32(41)37(33(42)47-35(4,5)6)28(30(39)44-23-25-15-9-7-10-16-25)22-36(43,21-27-19-13-14-20-29(27)38)31(40)45-24-26-17-11-8-12-18-26/h7-20,28,38,43H,21-24H2,1-6H3/t28-,36-/m0/s1. The molecule has 2 amide bonds. The lowest BCUT2D eigenvalue weighted by molar-refractivity contribution is -0.172. The molecule has 0 aliphatic heterocycles. The molecule has 11 heteroatoms. The number of carbonyl (C=O) groups excluding carboxylic acids is 4. The Balaban J connectivity index is 2.11. The van der Waals surface area contributed by atoms with Crippen LogP contribution in [-0.4, -0.2) is 62.1 Å². The van der Waals surface area contributed by atoms with Crippen molar-refractivity contribution in [3.63, 3.8) is 0 Å². The average molecular weight is 650 g/mol. The highest BCUT2D eigenvalue weighted by Gasteiger charge is 2.49. The Labute approximate surface area is 275 Å². The van der Waals surface area contributed by atoms with E-state index in [1.807, 2.05) is 0 Å². The molecule has 0 aliphatic rings. The maximum atomic E-state index is 13.9. The van der Waals surface area contributed by atoms with Crippen LogP contribution >= 0.6 is 0 Å². The summed E-state index contributed by atoms with van der Waals surface area (Å²) in [5, 5.41) is 22.6. The van der Waals surface area contributed by atoms with E-state index < -0.39 is 59.8 Å². The molecule has 3 aromatic rings. The van der Waals surface area contributed by atoms with E-state index in [-0.39, 0.29) is 24.5 Å². The lowest BCUT2D eigenvalue weighted by atomic mass is 9.87. The summed E-state index contributed by atoms with van der Waals surface area (Å²) in [4.78, 5) is 55.4. The molecule has 0 unspecified atom stereocenters. The molecule has 2 atom stereocenters. The number of aliphatic hydroxyl groups is 1. The molecule has 11 nitrogen and oxygen atoms in total. The molecular weight excluding hydrogens is 606 g/mol. The Morgan fingerprint density at radius 2 is 1.13 bits per heavy atom. The molecule has 3 aromatic carbocycles. The largest absolute Gasteiger partial charge is 0.508 e. The van der Waals surface area contributed by atoms with Crippen LogP contribution in [0.1, 0.15) is 64.7 Å². The first-order valence-electron chi connectivity index (χ1n) is 15.1. The minimum absolute atomic E-state index is 0.143. The predicted molar refractivity (Wildman–Crippen MR) is 172 cm³/mol. The first-order chi connectivity index (χ1) is 22.0. The Hall–Kier alpha value is -4.90. The van der Waals surface area contributed by atoms with Crippen molar-refractivity contribution < 1.29 is 48.3 Å². The quantitative estimate of drug-likeness (QED) is 0.185. The van der Waals surface area contributed by atoms with E-state index in [2.05, 4.69) is 0 Å². The molecule has 0 fully saturated rings. The fraction of sp³-hybridized carbons (Fsp3) is 0.389. The van der Waals surface area contributed by atoms with Gasteiger partial charge in [0.05, 0.1) is 0 Å². The number of carbonyl (C=O) groups is 4. The van der Waals surface area contributed by atoms with Crippen molar-refractivity contribution in [3.8, 4) is 5.75 Å². The number of amides is 2. The highest BCUT2D eigenvalue weighted by atomic mass is 16.6. The van der Waals surface area contributed by atoms with Gasteiger partial charge in [-0.1, -0.05) is 78.9 Å². The summed E-state index contributed by atoms with van der Waals surface area (Å²) in [6.45, 7) is 8.92. The molecule has 252 valence electrons. The number of esters is 2. The van der Waals surface area contributed by atoms with Crippen molar-refractivity contribution in [1.29, 1.82) is 0 Å². The van der Waals surface area contributed by atoms with Gasteiger partial charge in [-0.15, -0.1) is 0 Å². The third-order valence-electron chi connectivity index (χ3n) is 6.59. The van der Waals surface area contributed by atoms with Gasteiger partial charge in [0.25, 0.3) is 0 Å². The van der Waals surface area contributed by atoms with Crippen LogP contribution in [0.3, 0.4) is 0 Å². The summed E-state index contributed by atoms with van der Waals surface area (Å²) >= 11 is 0. The number of rotatable bonds is 11. The molecule has 0 spiro atoms. The number of para-hydroxylation sites is 1. The molecule has 0 aromatic heterocycles. The van der Waals surface area contributed by atoms with Crippen molar-refractivity contribution in [2.75, 3.05) is 0 Å². The Kier molecular flexibility index (Phi) is 12.1. The van der Waals surface area contributed by atoms with Crippen LogP contribution in [0.25, 0.3) is 0 Å². The van der Waals surface area contributed by atoms with Gasteiger partial charge in [-0.05, 0) is 64.3 Å². The van der Waals surface area contributed by atoms with Gasteiger partial charge in [0.15, 0.2) is 5.60 Å². The molecular formula is C36H43NO10. The van der Waals surface area contributed by atoms with E-state index >= 15 is 0 Å². The maximum Gasteiger partial charge on any atom is 0.420 e. The summed E-state index contributed by atoms with van der Waals surface area (Å²) in [5.41, 5.74) is -3.44. The number of phenolic OH excluding ortho intramolecular Hbond substituents is 1. The van der Waals surface area contributed by atoms with Crippen LogP contribution in [0.2, 0.25) is 0 Å². The molecule has 0 bridgehead atoms. The van der Waals surface area contributed by atoms with Gasteiger partial charge in [0, 0.05) is 12.8 Å². The van der Waals surface area contributed by atoms with Gasteiger partial charge in [-0.3, -0.25) is 0 Å². The lowest BCUT2D eigenvalue weighted by Crippen LogP contribution is -2.57. The van der Waals surface area contributed by atoms with E-state index in [0.717, 1.165) is 0 Å². The number of aromatic hydroxyl groups is 1. The van der Waals surface area contributed by atoms with E-state index in [4.69, 9.17) is 18.9 Å². The fourth-order valence-corrected chi connectivity index (χ4v) is 4.44. The second kappa shape index (κ2) is 15.6. The molecule has 47 heavy (non-hydrogen) atoms.